The first-order valence-corrected chi connectivity index (χ1v) is 12.9. The third-order valence-electron chi connectivity index (χ3n) is 6.90. The van der Waals surface area contributed by atoms with Gasteiger partial charge in [0, 0.05) is 29.4 Å². The van der Waals surface area contributed by atoms with Crippen LogP contribution in [0.1, 0.15) is 29.6 Å². The van der Waals surface area contributed by atoms with Crippen molar-refractivity contribution in [3.8, 4) is 39.5 Å². The lowest BCUT2D eigenvalue weighted by Crippen LogP contribution is -2.05. The van der Waals surface area contributed by atoms with Gasteiger partial charge in [-0.15, -0.1) is 10.2 Å². The van der Waals surface area contributed by atoms with E-state index in [0.717, 1.165) is 62.5 Å². The molecule has 0 saturated heterocycles. The molecule has 0 amide bonds. The van der Waals surface area contributed by atoms with E-state index < -0.39 is 0 Å². The van der Waals surface area contributed by atoms with E-state index in [1.165, 1.54) is 5.56 Å². The Morgan fingerprint density at radius 2 is 1.72 bits per heavy atom. The molecule has 0 unspecified atom stereocenters. The molecule has 0 bridgehead atoms. The van der Waals surface area contributed by atoms with Crippen LogP contribution in [0.2, 0.25) is 0 Å². The lowest BCUT2D eigenvalue weighted by atomic mass is 9.94. The number of benzene rings is 2. The molecule has 39 heavy (non-hydrogen) atoms. The van der Waals surface area contributed by atoms with Crippen molar-refractivity contribution in [2.45, 2.75) is 33.7 Å². The molecule has 6 aromatic rings. The Morgan fingerprint density at radius 1 is 0.897 bits per heavy atom. The predicted octanol–water partition coefficient (Wildman–Crippen LogP) is 5.58. The Hall–Kier alpha value is -4.92. The van der Waals surface area contributed by atoms with Crippen molar-refractivity contribution in [1.29, 1.82) is 0 Å². The normalized spacial score (nSPS) is 11.3. The Kier molecular flexibility index (Phi) is 6.32. The van der Waals surface area contributed by atoms with Gasteiger partial charge in [0.2, 0.25) is 11.7 Å². The smallest absolute Gasteiger partial charge is 0.221 e. The van der Waals surface area contributed by atoms with Crippen LogP contribution in [0.3, 0.4) is 0 Å². The minimum absolute atomic E-state index is 0.535. The number of aromatic amines is 1. The summed E-state index contributed by atoms with van der Waals surface area (Å²) in [4.78, 5) is 14.1. The van der Waals surface area contributed by atoms with Crippen molar-refractivity contribution in [3.63, 3.8) is 0 Å². The molecule has 4 heterocycles. The van der Waals surface area contributed by atoms with Crippen molar-refractivity contribution >= 4 is 11.2 Å². The number of hydrogen-bond donors (Lipinski definition) is 1. The monoisotopic (exact) mass is 516 g/mol. The highest BCUT2D eigenvalue weighted by Gasteiger charge is 2.17. The molecule has 0 atom stereocenters. The molecule has 0 radical (unpaired) electrons. The van der Waals surface area contributed by atoms with Crippen LogP contribution in [0.4, 0.5) is 0 Å². The first kappa shape index (κ1) is 24.4. The van der Waals surface area contributed by atoms with Crippen molar-refractivity contribution in [1.82, 2.24) is 40.1 Å². The molecule has 9 nitrogen and oxygen atoms in total. The number of H-pyrrole nitrogens is 1. The van der Waals surface area contributed by atoms with E-state index in [-0.39, 0.29) is 0 Å². The predicted molar refractivity (Wildman–Crippen MR) is 150 cm³/mol. The van der Waals surface area contributed by atoms with Gasteiger partial charge in [0.15, 0.2) is 5.65 Å². The number of nitrogens with one attached hydrogen (secondary N) is 1. The molecular weight excluding hydrogens is 488 g/mol. The highest BCUT2D eigenvalue weighted by atomic mass is 16.5. The van der Waals surface area contributed by atoms with Crippen molar-refractivity contribution < 1.29 is 4.74 Å². The van der Waals surface area contributed by atoms with E-state index in [1.54, 1.807) is 13.3 Å². The highest BCUT2D eigenvalue weighted by molar-refractivity contribution is 5.85. The van der Waals surface area contributed by atoms with Gasteiger partial charge in [-0.05, 0) is 77.2 Å². The van der Waals surface area contributed by atoms with Gasteiger partial charge in [-0.2, -0.15) is 5.21 Å². The molecular formula is C30H28N8O. The Balaban J connectivity index is 1.41. The van der Waals surface area contributed by atoms with Crippen molar-refractivity contribution in [2.75, 3.05) is 7.11 Å². The summed E-state index contributed by atoms with van der Waals surface area (Å²) < 4.78 is 7.74. The van der Waals surface area contributed by atoms with Gasteiger partial charge in [0.25, 0.3) is 0 Å². The molecule has 0 saturated carbocycles. The summed E-state index contributed by atoms with van der Waals surface area (Å²) >= 11 is 0. The molecule has 194 valence electrons. The maximum Gasteiger partial charge on any atom is 0.221 e. The van der Waals surface area contributed by atoms with Gasteiger partial charge in [-0.25, -0.2) is 15.0 Å². The standard InChI is InChI=1S/C30H28N8O/c1-5-26-33-27-18(2)15-19(3)32-29(27)38(26)17-20-8-10-21(11-9-20)25-16-22(23-7-6-14-31-30(23)39-4)12-13-24(25)28-34-36-37-35-28/h6-16H,5,17H2,1-4H3,(H,34,35,36,37). The Labute approximate surface area is 225 Å². The molecule has 2 aromatic carbocycles. The fourth-order valence-electron chi connectivity index (χ4n) is 5.05. The van der Waals surface area contributed by atoms with Crippen LogP contribution < -0.4 is 4.74 Å². The average molecular weight is 517 g/mol. The van der Waals surface area contributed by atoms with E-state index in [2.05, 4.69) is 80.4 Å². The Bertz CT molecular complexity index is 1770. The second kappa shape index (κ2) is 10.1. The number of ether oxygens (including phenoxy) is 1. The molecule has 1 N–H and O–H groups in total. The summed E-state index contributed by atoms with van der Waals surface area (Å²) in [7, 11) is 1.63. The number of aromatic nitrogens is 8. The fraction of sp³-hybridized carbons (Fsp3) is 0.200. The maximum atomic E-state index is 5.51. The number of fused-ring (bicyclic) bond motifs is 1. The maximum absolute atomic E-state index is 5.51. The van der Waals surface area contributed by atoms with E-state index in [4.69, 9.17) is 14.7 Å². The minimum atomic E-state index is 0.535. The summed E-state index contributed by atoms with van der Waals surface area (Å²) in [6.45, 7) is 6.95. The largest absolute Gasteiger partial charge is 0.481 e. The third-order valence-corrected chi connectivity index (χ3v) is 6.90. The van der Waals surface area contributed by atoms with Crippen molar-refractivity contribution in [2.24, 2.45) is 0 Å². The first-order valence-electron chi connectivity index (χ1n) is 12.9. The van der Waals surface area contributed by atoms with Crippen LogP contribution in [0, 0.1) is 13.8 Å². The number of pyridine rings is 2. The minimum Gasteiger partial charge on any atom is -0.481 e. The summed E-state index contributed by atoms with van der Waals surface area (Å²) in [5.41, 5.74) is 10.0. The van der Waals surface area contributed by atoms with Crippen LogP contribution in [-0.4, -0.2) is 47.3 Å². The number of rotatable bonds is 7. The summed E-state index contributed by atoms with van der Waals surface area (Å²) in [6, 6.07) is 20.7. The second-order valence-electron chi connectivity index (χ2n) is 9.47. The van der Waals surface area contributed by atoms with Gasteiger partial charge in [-0.1, -0.05) is 37.3 Å². The molecule has 0 aliphatic heterocycles. The molecule has 6 rings (SSSR count). The SMILES string of the molecule is CCc1nc2c(C)cc(C)nc2n1Cc1ccc(-c2cc(-c3cccnc3OC)ccc2-c2nn[nH]n2)cc1. The lowest BCUT2D eigenvalue weighted by Gasteiger charge is -2.13. The quantitative estimate of drug-likeness (QED) is 0.295. The van der Waals surface area contributed by atoms with E-state index in [1.807, 2.05) is 31.2 Å². The molecule has 0 aliphatic rings. The summed E-state index contributed by atoms with van der Waals surface area (Å²) in [6.07, 6.45) is 2.56. The number of imidazole rings is 1. The molecule has 4 aromatic heterocycles. The molecule has 0 fully saturated rings. The van der Waals surface area contributed by atoms with Crippen LogP contribution in [0.25, 0.3) is 44.8 Å². The van der Waals surface area contributed by atoms with E-state index in [9.17, 15) is 0 Å². The number of aryl methyl sites for hydroxylation is 3. The van der Waals surface area contributed by atoms with Gasteiger partial charge < -0.3 is 9.30 Å². The molecule has 0 spiro atoms. The topological polar surface area (TPSA) is 107 Å². The number of nitrogens with zero attached hydrogens (tertiary/aromatic N) is 7. The van der Waals surface area contributed by atoms with Crippen LogP contribution in [0.5, 0.6) is 5.88 Å². The van der Waals surface area contributed by atoms with E-state index in [0.29, 0.717) is 18.2 Å². The summed E-state index contributed by atoms with van der Waals surface area (Å²) in [5.74, 6) is 2.14. The molecule has 9 heteroatoms. The fourth-order valence-corrected chi connectivity index (χ4v) is 5.05. The second-order valence-corrected chi connectivity index (χ2v) is 9.47. The molecule has 0 aliphatic carbocycles. The van der Waals surface area contributed by atoms with Gasteiger partial charge in [-0.3, -0.25) is 0 Å². The van der Waals surface area contributed by atoms with Crippen LogP contribution >= 0.6 is 0 Å². The highest BCUT2D eigenvalue weighted by Crippen LogP contribution is 2.36. The zero-order valence-corrected chi connectivity index (χ0v) is 22.3. The number of methoxy groups -OCH3 is 1. The number of tetrazole rings is 1. The van der Waals surface area contributed by atoms with Crippen LogP contribution in [-0.2, 0) is 13.0 Å². The zero-order valence-electron chi connectivity index (χ0n) is 22.3. The van der Waals surface area contributed by atoms with Gasteiger partial charge in [0.1, 0.15) is 11.3 Å². The first-order chi connectivity index (χ1) is 19.1. The zero-order chi connectivity index (χ0) is 26.9. The Morgan fingerprint density at radius 3 is 2.46 bits per heavy atom. The van der Waals surface area contributed by atoms with Crippen molar-refractivity contribution in [3.05, 3.63) is 89.5 Å². The summed E-state index contributed by atoms with van der Waals surface area (Å²) in [5, 5.41) is 14.8. The van der Waals surface area contributed by atoms with E-state index >= 15 is 0 Å². The third kappa shape index (κ3) is 4.52. The van der Waals surface area contributed by atoms with Crippen LogP contribution in [0.15, 0.2) is 66.9 Å². The lowest BCUT2D eigenvalue weighted by molar-refractivity contribution is 0.399. The van der Waals surface area contributed by atoms with Gasteiger partial charge >= 0.3 is 0 Å². The average Bonchev–Trinajstić information content (AvgIpc) is 3.62. The number of hydrogen-bond acceptors (Lipinski definition) is 7. The van der Waals surface area contributed by atoms with Gasteiger partial charge in [0.05, 0.1) is 13.7 Å².